The van der Waals surface area contributed by atoms with E-state index in [0.29, 0.717) is 6.04 Å². The predicted molar refractivity (Wildman–Crippen MR) is 115 cm³/mol. The molecule has 2 aliphatic heterocycles. The van der Waals surface area contributed by atoms with Crippen LogP contribution < -0.4 is 15.6 Å². The summed E-state index contributed by atoms with van der Waals surface area (Å²) in [7, 11) is -6.53. The number of primary sulfonamides is 2. The summed E-state index contributed by atoms with van der Waals surface area (Å²) in [4.78, 5) is 11.7. The van der Waals surface area contributed by atoms with Crippen LogP contribution >= 0.6 is 12.4 Å². The number of carbonyl (C=O) groups excluding carboxylic acids is 1. The van der Waals surface area contributed by atoms with Gasteiger partial charge in [0, 0.05) is 12.6 Å². The van der Waals surface area contributed by atoms with Crippen LogP contribution in [0, 0.1) is 11.8 Å². The minimum absolute atomic E-state index is 0. The third kappa shape index (κ3) is 17.8. The highest BCUT2D eigenvalue weighted by Crippen LogP contribution is 2.19. The Morgan fingerprint density at radius 3 is 1.82 bits per heavy atom. The standard InChI is InChI=1S/C8H18N2O2S.C5H12N2O2S.C3H6O.ClH/c1-7(2)10-4-3-8(5-10)6-13(9,11)12;6-10(8,9)4-5-1-2-7-3-5;1-3(2)4;/h7-8H,3-6H2,1-2H3,(H2,9,11,12);5,7H,1-4H2,(H2,6,8,9);1-2H3;1H. The normalized spacial score (nSPS) is 22.5. The van der Waals surface area contributed by atoms with Crippen LogP contribution in [0.15, 0.2) is 0 Å². The van der Waals surface area contributed by atoms with Crippen molar-refractivity contribution in [3.05, 3.63) is 0 Å². The lowest BCUT2D eigenvalue weighted by Crippen LogP contribution is -2.30. The molecule has 0 radical (unpaired) electrons. The molecule has 170 valence electrons. The van der Waals surface area contributed by atoms with E-state index in [1.54, 1.807) is 0 Å². The lowest BCUT2D eigenvalue weighted by Gasteiger charge is -2.19. The fourth-order valence-electron chi connectivity index (χ4n) is 2.98. The fourth-order valence-corrected chi connectivity index (χ4v) is 4.85. The minimum Gasteiger partial charge on any atom is -0.316 e. The van der Waals surface area contributed by atoms with E-state index in [2.05, 4.69) is 24.1 Å². The van der Waals surface area contributed by atoms with E-state index in [0.717, 1.165) is 39.0 Å². The monoisotopic (exact) mass is 464 g/mol. The van der Waals surface area contributed by atoms with Crippen molar-refractivity contribution < 1.29 is 21.6 Å². The topological polar surface area (TPSA) is 153 Å². The number of nitrogens with two attached hydrogens (primary N) is 2. The molecule has 2 aliphatic rings. The van der Waals surface area contributed by atoms with E-state index in [1.165, 1.54) is 13.8 Å². The molecule has 2 rings (SSSR count). The summed E-state index contributed by atoms with van der Waals surface area (Å²) >= 11 is 0. The molecule has 0 saturated carbocycles. The van der Waals surface area contributed by atoms with Gasteiger partial charge >= 0.3 is 0 Å². The molecule has 28 heavy (non-hydrogen) atoms. The molecule has 0 aromatic rings. The maximum atomic E-state index is 10.8. The molecule has 2 unspecified atom stereocenters. The maximum Gasteiger partial charge on any atom is 0.209 e. The molecule has 0 amide bonds. The van der Waals surface area contributed by atoms with Crippen LogP contribution in [0.2, 0.25) is 0 Å². The Hall–Kier alpha value is -0.300. The number of halogens is 1. The quantitative estimate of drug-likeness (QED) is 0.513. The van der Waals surface area contributed by atoms with E-state index < -0.39 is 20.0 Å². The molecule has 0 aromatic heterocycles. The van der Waals surface area contributed by atoms with E-state index in [1.807, 2.05) is 0 Å². The Morgan fingerprint density at radius 1 is 1.04 bits per heavy atom. The van der Waals surface area contributed by atoms with Crippen molar-refractivity contribution in [2.45, 2.75) is 46.6 Å². The van der Waals surface area contributed by atoms with E-state index in [4.69, 9.17) is 10.3 Å². The second kappa shape index (κ2) is 13.8. The number of nitrogens with zero attached hydrogens (tertiary/aromatic N) is 1. The first-order valence-electron chi connectivity index (χ1n) is 9.12. The number of carbonyl (C=O) groups is 1. The highest BCUT2D eigenvalue weighted by atomic mass is 35.5. The van der Waals surface area contributed by atoms with E-state index in [9.17, 15) is 21.6 Å². The number of hydrogen-bond donors (Lipinski definition) is 3. The van der Waals surface area contributed by atoms with Gasteiger partial charge in [0.15, 0.2) is 0 Å². The number of sulfonamides is 2. The maximum absolute atomic E-state index is 10.8. The second-order valence-electron chi connectivity index (χ2n) is 7.67. The first-order chi connectivity index (χ1) is 12.2. The largest absolute Gasteiger partial charge is 0.316 e. The van der Waals surface area contributed by atoms with Gasteiger partial charge in [0.2, 0.25) is 20.0 Å². The van der Waals surface area contributed by atoms with E-state index >= 15 is 0 Å². The van der Waals surface area contributed by atoms with Crippen molar-refractivity contribution in [3.63, 3.8) is 0 Å². The molecule has 5 N–H and O–H groups in total. The van der Waals surface area contributed by atoms with Crippen molar-refractivity contribution in [1.29, 1.82) is 0 Å². The molecule has 0 bridgehead atoms. The molecule has 2 heterocycles. The van der Waals surface area contributed by atoms with Crippen LogP contribution in [0.1, 0.15) is 40.5 Å². The third-order valence-electron chi connectivity index (χ3n) is 4.15. The van der Waals surface area contributed by atoms with Gasteiger partial charge in [-0.25, -0.2) is 27.1 Å². The number of hydrogen-bond acceptors (Lipinski definition) is 7. The SMILES string of the molecule is CC(C)=O.CC(C)N1CCC(CS(N)(=O)=O)C1.Cl.NS(=O)(=O)CC1CCNC1. The smallest absolute Gasteiger partial charge is 0.209 e. The van der Waals surface area contributed by atoms with Crippen LogP contribution in [0.4, 0.5) is 0 Å². The van der Waals surface area contributed by atoms with Crippen molar-refractivity contribution in [3.8, 4) is 0 Å². The van der Waals surface area contributed by atoms with Gasteiger partial charge in [-0.15, -0.1) is 12.4 Å². The third-order valence-corrected chi connectivity index (χ3v) is 6.02. The van der Waals surface area contributed by atoms with Gasteiger partial charge in [-0.05, 0) is 72.0 Å². The summed E-state index contributed by atoms with van der Waals surface area (Å²) in [5.41, 5.74) is 0. The number of ketones is 1. The molecule has 0 aromatic carbocycles. The van der Waals surface area contributed by atoms with Crippen molar-refractivity contribution in [2.75, 3.05) is 37.7 Å². The fraction of sp³-hybridized carbons (Fsp3) is 0.938. The van der Waals surface area contributed by atoms with Gasteiger partial charge in [-0.3, -0.25) is 0 Å². The number of likely N-dealkylation sites (tertiary alicyclic amines) is 1. The van der Waals surface area contributed by atoms with Gasteiger partial charge in [-0.2, -0.15) is 0 Å². The Labute approximate surface area is 176 Å². The highest BCUT2D eigenvalue weighted by Gasteiger charge is 2.26. The molecule has 0 spiro atoms. The summed E-state index contributed by atoms with van der Waals surface area (Å²) in [6.45, 7) is 10.9. The zero-order chi connectivity index (χ0) is 21.3. The van der Waals surface area contributed by atoms with Crippen molar-refractivity contribution >= 4 is 38.2 Å². The minimum atomic E-state index is -3.28. The summed E-state index contributed by atoms with van der Waals surface area (Å²) in [5, 5.41) is 12.9. The van der Waals surface area contributed by atoms with Crippen LogP contribution in [-0.4, -0.2) is 71.2 Å². The zero-order valence-corrected chi connectivity index (χ0v) is 19.7. The van der Waals surface area contributed by atoms with Crippen LogP contribution in [0.5, 0.6) is 0 Å². The van der Waals surface area contributed by atoms with E-state index in [-0.39, 0.29) is 41.5 Å². The van der Waals surface area contributed by atoms with Gasteiger partial charge in [0.1, 0.15) is 5.78 Å². The summed E-state index contributed by atoms with van der Waals surface area (Å²) in [6.07, 6.45) is 1.88. The molecular formula is C16H37ClN4O5S2. The molecule has 2 fully saturated rings. The zero-order valence-electron chi connectivity index (χ0n) is 17.3. The van der Waals surface area contributed by atoms with Crippen LogP contribution in [-0.2, 0) is 24.8 Å². The molecule has 2 saturated heterocycles. The molecular weight excluding hydrogens is 428 g/mol. The first-order valence-corrected chi connectivity index (χ1v) is 12.6. The van der Waals surface area contributed by atoms with Crippen LogP contribution in [0.25, 0.3) is 0 Å². The summed E-state index contributed by atoms with van der Waals surface area (Å²) in [5.74, 6) is 0.892. The van der Waals surface area contributed by atoms with Gasteiger partial charge in [0.05, 0.1) is 11.5 Å². The number of nitrogens with one attached hydrogen (secondary N) is 1. The lowest BCUT2D eigenvalue weighted by molar-refractivity contribution is -0.115. The predicted octanol–water partition coefficient (Wildman–Crippen LogP) is -0.0933. The van der Waals surface area contributed by atoms with Crippen LogP contribution in [0.3, 0.4) is 0 Å². The van der Waals surface area contributed by atoms with Gasteiger partial charge in [0.25, 0.3) is 0 Å². The average Bonchev–Trinajstić information content (AvgIpc) is 3.06. The molecule has 2 atom stereocenters. The summed E-state index contributed by atoms with van der Waals surface area (Å²) in [6, 6.07) is 0.505. The summed E-state index contributed by atoms with van der Waals surface area (Å²) < 4.78 is 42.7. The highest BCUT2D eigenvalue weighted by molar-refractivity contribution is 7.89. The number of Topliss-reactive ketones (excluding diaryl/α,β-unsaturated/α-hetero) is 1. The first kappa shape index (κ1) is 29.9. The molecule has 0 aliphatic carbocycles. The Balaban J connectivity index is 0. The lowest BCUT2D eigenvalue weighted by atomic mass is 10.2. The van der Waals surface area contributed by atoms with Gasteiger partial charge in [-0.1, -0.05) is 0 Å². The average molecular weight is 465 g/mol. The Kier molecular flexibility index (Phi) is 14.8. The number of rotatable bonds is 5. The van der Waals surface area contributed by atoms with Crippen molar-refractivity contribution in [1.82, 2.24) is 10.2 Å². The Bertz CT molecular complexity index is 646. The molecule has 12 heteroatoms. The second-order valence-corrected chi connectivity index (χ2v) is 11.0. The molecule has 9 nitrogen and oxygen atoms in total. The van der Waals surface area contributed by atoms with Crippen molar-refractivity contribution in [2.24, 2.45) is 22.1 Å². The Morgan fingerprint density at radius 2 is 1.50 bits per heavy atom. The van der Waals surface area contributed by atoms with Gasteiger partial charge < -0.3 is 15.0 Å².